The van der Waals surface area contributed by atoms with Gasteiger partial charge in [-0.2, -0.15) is 0 Å². The molecule has 0 heterocycles. The summed E-state index contributed by atoms with van der Waals surface area (Å²) in [6.45, 7) is 11.6. The van der Waals surface area contributed by atoms with E-state index in [1.165, 1.54) is 6.42 Å². The Hall–Kier alpha value is -1.55. The lowest BCUT2D eigenvalue weighted by atomic mass is 9.78. The molecule has 1 saturated carbocycles. The van der Waals surface area contributed by atoms with Crippen molar-refractivity contribution in [3.05, 3.63) is 23.3 Å². The highest BCUT2D eigenvalue weighted by molar-refractivity contribution is 5.97. The zero-order valence-electron chi connectivity index (χ0n) is 16.4. The van der Waals surface area contributed by atoms with Crippen molar-refractivity contribution in [2.24, 2.45) is 5.92 Å². The van der Waals surface area contributed by atoms with E-state index in [4.69, 9.17) is 9.47 Å². The number of hydrogen-bond acceptors (Lipinski definition) is 3. The Balaban J connectivity index is 2.20. The first kappa shape index (κ1) is 19.8. The molecule has 1 aromatic carbocycles. The van der Waals surface area contributed by atoms with Gasteiger partial charge in [-0.1, -0.05) is 20.3 Å². The third kappa shape index (κ3) is 4.75. The van der Waals surface area contributed by atoms with E-state index in [-0.39, 0.29) is 5.91 Å². The monoisotopic (exact) mass is 347 g/mol. The summed E-state index contributed by atoms with van der Waals surface area (Å²) < 4.78 is 11.8. The van der Waals surface area contributed by atoms with Gasteiger partial charge in [-0.05, 0) is 75.6 Å². The topological polar surface area (TPSA) is 47.6 Å². The maximum absolute atomic E-state index is 13.1. The number of carbonyl (C=O) groups is 1. The van der Waals surface area contributed by atoms with Gasteiger partial charge in [0.05, 0.1) is 6.61 Å². The van der Waals surface area contributed by atoms with Crippen molar-refractivity contribution in [3.8, 4) is 5.75 Å². The summed E-state index contributed by atoms with van der Waals surface area (Å²) in [6.07, 6.45) is 4.74. The largest absolute Gasteiger partial charge is 0.493 e. The molecule has 140 valence electrons. The lowest BCUT2D eigenvalue weighted by Gasteiger charge is -2.38. The second-order valence-corrected chi connectivity index (χ2v) is 7.37. The van der Waals surface area contributed by atoms with Gasteiger partial charge < -0.3 is 14.8 Å². The van der Waals surface area contributed by atoms with Crippen LogP contribution in [0.1, 0.15) is 64.0 Å². The summed E-state index contributed by atoms with van der Waals surface area (Å²) in [5.74, 6) is 1.42. The number of rotatable bonds is 7. The first-order chi connectivity index (χ1) is 11.9. The average Bonchev–Trinajstić information content (AvgIpc) is 2.56. The van der Waals surface area contributed by atoms with Crippen molar-refractivity contribution < 1.29 is 14.3 Å². The lowest BCUT2D eigenvalue weighted by Crippen LogP contribution is -2.48. The summed E-state index contributed by atoms with van der Waals surface area (Å²) in [6, 6.07) is 3.96. The number of hydrogen-bond donors (Lipinski definition) is 1. The Labute approximate surface area is 152 Å². The molecule has 1 N–H and O–H groups in total. The molecular weight excluding hydrogens is 314 g/mol. The molecule has 0 unspecified atom stereocenters. The van der Waals surface area contributed by atoms with E-state index in [2.05, 4.69) is 19.2 Å². The third-order valence-electron chi connectivity index (χ3n) is 4.96. The first-order valence-electron chi connectivity index (χ1n) is 9.61. The molecule has 0 bridgehead atoms. The molecule has 4 heteroatoms. The molecule has 1 fully saturated rings. The summed E-state index contributed by atoms with van der Waals surface area (Å²) in [4.78, 5) is 13.1. The van der Waals surface area contributed by atoms with Crippen LogP contribution in [-0.4, -0.2) is 24.7 Å². The highest BCUT2D eigenvalue weighted by Crippen LogP contribution is 2.37. The molecule has 0 saturated heterocycles. The molecule has 25 heavy (non-hydrogen) atoms. The van der Waals surface area contributed by atoms with E-state index < -0.39 is 5.60 Å². The van der Waals surface area contributed by atoms with Crippen LogP contribution in [0.3, 0.4) is 0 Å². The van der Waals surface area contributed by atoms with Crippen molar-refractivity contribution in [3.63, 3.8) is 0 Å². The van der Waals surface area contributed by atoms with E-state index in [0.29, 0.717) is 19.1 Å². The average molecular weight is 347 g/mol. The first-order valence-corrected chi connectivity index (χ1v) is 9.61. The Kier molecular flexibility index (Phi) is 6.88. The van der Waals surface area contributed by atoms with Crippen LogP contribution in [0.4, 0.5) is 5.69 Å². The summed E-state index contributed by atoms with van der Waals surface area (Å²) >= 11 is 0. The fourth-order valence-corrected chi connectivity index (χ4v) is 3.84. The molecule has 1 aliphatic carbocycles. The van der Waals surface area contributed by atoms with Crippen molar-refractivity contribution in [1.29, 1.82) is 0 Å². The highest BCUT2D eigenvalue weighted by atomic mass is 16.5. The van der Waals surface area contributed by atoms with Crippen LogP contribution < -0.4 is 10.1 Å². The number of anilines is 1. The maximum atomic E-state index is 13.1. The second-order valence-electron chi connectivity index (χ2n) is 7.37. The van der Waals surface area contributed by atoms with Crippen LogP contribution in [0.2, 0.25) is 0 Å². The quantitative estimate of drug-likeness (QED) is 0.753. The van der Waals surface area contributed by atoms with E-state index >= 15 is 0 Å². The van der Waals surface area contributed by atoms with Gasteiger partial charge in [-0.25, -0.2) is 0 Å². The molecular formula is C21H33NO3. The van der Waals surface area contributed by atoms with Gasteiger partial charge in [0.25, 0.3) is 5.91 Å². The molecule has 4 nitrogen and oxygen atoms in total. The molecule has 2 rings (SSSR count). The van der Waals surface area contributed by atoms with Crippen LogP contribution in [0.5, 0.6) is 5.75 Å². The van der Waals surface area contributed by atoms with Gasteiger partial charge in [0.15, 0.2) is 0 Å². The molecule has 0 radical (unpaired) electrons. The normalized spacial score (nSPS) is 23.3. The molecule has 1 amide bonds. The number of ether oxygens (including phenoxy) is 2. The molecule has 0 spiro atoms. The van der Waals surface area contributed by atoms with Crippen LogP contribution in [0, 0.1) is 19.8 Å². The van der Waals surface area contributed by atoms with Crippen LogP contribution >= 0.6 is 0 Å². The number of aryl methyl sites for hydroxylation is 2. The number of benzene rings is 1. The fourth-order valence-electron chi connectivity index (χ4n) is 3.84. The van der Waals surface area contributed by atoms with E-state index in [9.17, 15) is 4.79 Å². The van der Waals surface area contributed by atoms with Gasteiger partial charge in [0.2, 0.25) is 0 Å². The zero-order valence-corrected chi connectivity index (χ0v) is 16.4. The van der Waals surface area contributed by atoms with Crippen molar-refractivity contribution in [1.82, 2.24) is 0 Å². The minimum absolute atomic E-state index is 0.00420. The van der Waals surface area contributed by atoms with E-state index in [1.54, 1.807) is 0 Å². The minimum atomic E-state index is -0.686. The van der Waals surface area contributed by atoms with Crippen molar-refractivity contribution in [2.45, 2.75) is 72.3 Å². The molecule has 0 aliphatic heterocycles. The predicted octanol–water partition coefficient (Wildman–Crippen LogP) is 5.02. The zero-order chi connectivity index (χ0) is 18.4. The molecule has 1 aromatic rings. The van der Waals surface area contributed by atoms with Gasteiger partial charge in [0.1, 0.15) is 11.4 Å². The molecule has 2 atom stereocenters. The molecule has 0 aromatic heterocycles. The Morgan fingerprint density at radius 2 is 1.96 bits per heavy atom. The van der Waals surface area contributed by atoms with Gasteiger partial charge in [-0.15, -0.1) is 0 Å². The van der Waals surface area contributed by atoms with Crippen LogP contribution in [0.25, 0.3) is 0 Å². The number of nitrogens with one attached hydrogen (secondary N) is 1. The summed E-state index contributed by atoms with van der Waals surface area (Å²) in [5.41, 5.74) is 2.21. The second kappa shape index (κ2) is 8.70. The predicted molar refractivity (Wildman–Crippen MR) is 102 cm³/mol. The minimum Gasteiger partial charge on any atom is -0.493 e. The van der Waals surface area contributed by atoms with Crippen molar-refractivity contribution >= 4 is 11.6 Å². The van der Waals surface area contributed by atoms with E-state index in [0.717, 1.165) is 48.2 Å². The SMILES string of the molecule is CCCO[C@]1(C(=O)Nc2cc(C)c(OCC)c(C)c2)CCC[C@@H](C)C1. The molecule has 1 aliphatic rings. The Bertz CT molecular complexity index is 576. The fraction of sp³-hybridized carbons (Fsp3) is 0.667. The standard InChI is InChI=1S/C21H33NO3/c1-6-11-25-21(10-8-9-15(3)14-21)20(23)22-18-12-16(4)19(24-7-2)17(5)13-18/h12-13,15H,6-11,14H2,1-5H3,(H,22,23)/t15-,21-/m1/s1. The smallest absolute Gasteiger partial charge is 0.256 e. The number of amides is 1. The third-order valence-corrected chi connectivity index (χ3v) is 4.96. The summed E-state index contributed by atoms with van der Waals surface area (Å²) in [5, 5.41) is 3.11. The van der Waals surface area contributed by atoms with Crippen LogP contribution in [-0.2, 0) is 9.53 Å². The van der Waals surface area contributed by atoms with Gasteiger partial charge in [-0.3, -0.25) is 4.79 Å². The van der Waals surface area contributed by atoms with Crippen molar-refractivity contribution in [2.75, 3.05) is 18.5 Å². The Morgan fingerprint density at radius 1 is 1.28 bits per heavy atom. The van der Waals surface area contributed by atoms with E-state index in [1.807, 2.05) is 32.9 Å². The maximum Gasteiger partial charge on any atom is 0.256 e. The van der Waals surface area contributed by atoms with Gasteiger partial charge >= 0.3 is 0 Å². The number of carbonyl (C=O) groups excluding carboxylic acids is 1. The van der Waals surface area contributed by atoms with Crippen LogP contribution in [0.15, 0.2) is 12.1 Å². The summed E-state index contributed by atoms with van der Waals surface area (Å²) in [7, 11) is 0. The lowest BCUT2D eigenvalue weighted by molar-refractivity contribution is -0.148. The highest BCUT2D eigenvalue weighted by Gasteiger charge is 2.42. The Morgan fingerprint density at radius 3 is 2.52 bits per heavy atom. The van der Waals surface area contributed by atoms with Gasteiger partial charge in [0, 0.05) is 12.3 Å².